The third-order valence-electron chi connectivity index (χ3n) is 2.28. The molecule has 6 heteroatoms. The first kappa shape index (κ1) is 13.8. The molecule has 3 nitrogen and oxygen atoms in total. The van der Waals surface area contributed by atoms with Crippen molar-refractivity contribution in [3.8, 4) is 5.75 Å². The second-order valence-corrected chi connectivity index (χ2v) is 3.57. The van der Waals surface area contributed by atoms with Gasteiger partial charge in [0, 0.05) is 6.04 Å². The Morgan fingerprint density at radius 1 is 1.41 bits per heavy atom. The van der Waals surface area contributed by atoms with Crippen LogP contribution in [-0.2, 0) is 0 Å². The van der Waals surface area contributed by atoms with E-state index >= 15 is 0 Å². The zero-order valence-electron chi connectivity index (χ0n) is 9.71. The highest BCUT2D eigenvalue weighted by Gasteiger charge is 2.28. The lowest BCUT2D eigenvalue weighted by atomic mass is 10.1. The quantitative estimate of drug-likeness (QED) is 0.870. The highest BCUT2D eigenvalue weighted by atomic mass is 19.4. The molecule has 1 N–H and O–H groups in total. The minimum Gasteiger partial charge on any atom is -0.483 e. The third-order valence-corrected chi connectivity index (χ3v) is 2.28. The molecule has 1 rings (SSSR count). The molecule has 0 aliphatic carbocycles. The summed E-state index contributed by atoms with van der Waals surface area (Å²) in [5.74, 6) is 0.122. The van der Waals surface area contributed by atoms with Gasteiger partial charge in [0.05, 0.1) is 11.9 Å². The van der Waals surface area contributed by atoms with Crippen molar-refractivity contribution in [2.24, 2.45) is 0 Å². The topological polar surface area (TPSA) is 34.1 Å². The molecule has 0 amide bonds. The Hall–Kier alpha value is -1.30. The first-order valence-electron chi connectivity index (χ1n) is 5.29. The van der Waals surface area contributed by atoms with Gasteiger partial charge < -0.3 is 10.1 Å². The summed E-state index contributed by atoms with van der Waals surface area (Å²) in [5.41, 5.74) is 0.786. The van der Waals surface area contributed by atoms with Crippen LogP contribution in [0.4, 0.5) is 13.2 Å². The minimum absolute atomic E-state index is 0.103. The Balaban J connectivity index is 2.62. The van der Waals surface area contributed by atoms with E-state index in [4.69, 9.17) is 0 Å². The molecule has 1 heterocycles. The van der Waals surface area contributed by atoms with Gasteiger partial charge in [-0.3, -0.25) is 4.98 Å². The van der Waals surface area contributed by atoms with Gasteiger partial charge in [-0.05, 0) is 25.6 Å². The van der Waals surface area contributed by atoms with Crippen LogP contribution in [0.1, 0.15) is 25.1 Å². The largest absolute Gasteiger partial charge is 0.483 e. The van der Waals surface area contributed by atoms with E-state index in [0.717, 1.165) is 12.1 Å². The number of hydrogen-bond donors (Lipinski definition) is 1. The molecule has 0 spiro atoms. The fourth-order valence-corrected chi connectivity index (χ4v) is 1.41. The number of rotatable bonds is 5. The second-order valence-electron chi connectivity index (χ2n) is 3.57. The molecular formula is C11H15F3N2O. The van der Waals surface area contributed by atoms with Crippen LogP contribution in [0.15, 0.2) is 18.3 Å². The van der Waals surface area contributed by atoms with Gasteiger partial charge in [0.2, 0.25) is 0 Å². The fourth-order valence-electron chi connectivity index (χ4n) is 1.41. The molecule has 0 saturated carbocycles. The van der Waals surface area contributed by atoms with Gasteiger partial charge in [0.25, 0.3) is 0 Å². The minimum atomic E-state index is -4.32. The lowest BCUT2D eigenvalue weighted by Gasteiger charge is -2.14. The van der Waals surface area contributed by atoms with Gasteiger partial charge in [-0.2, -0.15) is 13.2 Å². The SMILES string of the molecule is CCC(NC)c1ccc(OCC(F)(F)F)cn1. The van der Waals surface area contributed by atoms with Gasteiger partial charge >= 0.3 is 6.18 Å². The maximum atomic E-state index is 11.9. The first-order chi connectivity index (χ1) is 7.96. The van der Waals surface area contributed by atoms with Crippen molar-refractivity contribution in [3.05, 3.63) is 24.0 Å². The van der Waals surface area contributed by atoms with E-state index in [0.29, 0.717) is 0 Å². The molecule has 0 aliphatic heterocycles. The van der Waals surface area contributed by atoms with Crippen molar-refractivity contribution in [2.75, 3.05) is 13.7 Å². The summed E-state index contributed by atoms with van der Waals surface area (Å²) in [6, 6.07) is 3.26. The molecule has 0 aromatic carbocycles. The molecule has 0 bridgehead atoms. The van der Waals surface area contributed by atoms with Gasteiger partial charge in [0.1, 0.15) is 5.75 Å². The number of pyridine rings is 1. The smallest absolute Gasteiger partial charge is 0.422 e. The fraction of sp³-hybridized carbons (Fsp3) is 0.545. The Morgan fingerprint density at radius 2 is 2.12 bits per heavy atom. The number of nitrogens with one attached hydrogen (secondary N) is 1. The summed E-state index contributed by atoms with van der Waals surface area (Å²) in [6.07, 6.45) is -2.16. The number of ether oxygens (including phenoxy) is 1. The molecular weight excluding hydrogens is 233 g/mol. The molecule has 1 unspecified atom stereocenters. The molecule has 1 aromatic rings. The van der Waals surface area contributed by atoms with E-state index in [-0.39, 0.29) is 11.8 Å². The van der Waals surface area contributed by atoms with Crippen molar-refractivity contribution in [1.82, 2.24) is 10.3 Å². The average molecular weight is 248 g/mol. The number of halogens is 3. The van der Waals surface area contributed by atoms with E-state index in [2.05, 4.69) is 15.0 Å². The zero-order chi connectivity index (χ0) is 12.9. The van der Waals surface area contributed by atoms with Gasteiger partial charge in [0.15, 0.2) is 6.61 Å². The first-order valence-corrected chi connectivity index (χ1v) is 5.29. The van der Waals surface area contributed by atoms with Crippen LogP contribution in [-0.4, -0.2) is 24.8 Å². The van der Waals surface area contributed by atoms with Gasteiger partial charge in [-0.25, -0.2) is 0 Å². The lowest BCUT2D eigenvalue weighted by Crippen LogP contribution is -2.19. The van der Waals surface area contributed by atoms with Crippen molar-refractivity contribution in [3.63, 3.8) is 0 Å². The number of hydrogen-bond acceptors (Lipinski definition) is 3. The van der Waals surface area contributed by atoms with Crippen LogP contribution in [0.3, 0.4) is 0 Å². The summed E-state index contributed by atoms with van der Waals surface area (Å²) in [5, 5.41) is 3.06. The molecule has 0 aliphatic rings. The predicted molar refractivity (Wildman–Crippen MR) is 57.9 cm³/mol. The molecule has 0 radical (unpaired) electrons. The van der Waals surface area contributed by atoms with Crippen molar-refractivity contribution in [2.45, 2.75) is 25.6 Å². The third kappa shape index (κ3) is 4.60. The summed E-state index contributed by atoms with van der Waals surface area (Å²) in [4.78, 5) is 4.07. The molecule has 1 aromatic heterocycles. The van der Waals surface area contributed by atoms with Gasteiger partial charge in [-0.15, -0.1) is 0 Å². The maximum Gasteiger partial charge on any atom is 0.422 e. The van der Waals surface area contributed by atoms with Crippen LogP contribution in [0.25, 0.3) is 0 Å². The Labute approximate surface area is 98.0 Å². The van der Waals surface area contributed by atoms with E-state index in [1.54, 1.807) is 6.07 Å². The van der Waals surface area contributed by atoms with Crippen molar-refractivity contribution < 1.29 is 17.9 Å². The standard InChI is InChI=1S/C11H15F3N2O/c1-3-9(15-2)10-5-4-8(6-16-10)17-7-11(12,13)14/h4-6,9,15H,3,7H2,1-2H3. The van der Waals surface area contributed by atoms with E-state index < -0.39 is 12.8 Å². The molecule has 1 atom stereocenters. The molecule has 0 fully saturated rings. The van der Waals surface area contributed by atoms with Crippen molar-refractivity contribution in [1.29, 1.82) is 0 Å². The average Bonchev–Trinajstić information content (AvgIpc) is 2.29. The van der Waals surface area contributed by atoms with Crippen molar-refractivity contribution >= 4 is 0 Å². The highest BCUT2D eigenvalue weighted by molar-refractivity contribution is 5.21. The van der Waals surface area contributed by atoms with Crippen LogP contribution in [0.2, 0.25) is 0 Å². The Morgan fingerprint density at radius 3 is 2.53 bits per heavy atom. The summed E-state index contributed by atoms with van der Waals surface area (Å²) >= 11 is 0. The lowest BCUT2D eigenvalue weighted by molar-refractivity contribution is -0.153. The van der Waals surface area contributed by atoms with Crippen LogP contribution < -0.4 is 10.1 Å². The van der Waals surface area contributed by atoms with E-state index in [1.807, 2.05) is 14.0 Å². The monoisotopic (exact) mass is 248 g/mol. The molecule has 17 heavy (non-hydrogen) atoms. The summed E-state index contributed by atoms with van der Waals surface area (Å²) in [7, 11) is 1.81. The molecule has 0 saturated heterocycles. The van der Waals surface area contributed by atoms with E-state index in [1.165, 1.54) is 12.3 Å². The van der Waals surface area contributed by atoms with Crippen LogP contribution in [0, 0.1) is 0 Å². The van der Waals surface area contributed by atoms with Crippen LogP contribution in [0.5, 0.6) is 5.75 Å². The maximum absolute atomic E-state index is 11.9. The number of aromatic nitrogens is 1. The normalized spacial score (nSPS) is 13.5. The summed E-state index contributed by atoms with van der Waals surface area (Å²) < 4.78 is 40.3. The zero-order valence-corrected chi connectivity index (χ0v) is 9.71. The van der Waals surface area contributed by atoms with Crippen LogP contribution >= 0.6 is 0 Å². The van der Waals surface area contributed by atoms with Gasteiger partial charge in [-0.1, -0.05) is 6.92 Å². The molecule has 96 valence electrons. The predicted octanol–water partition coefficient (Wildman–Crippen LogP) is 2.69. The number of alkyl halides is 3. The Bertz CT molecular complexity index is 334. The summed E-state index contributed by atoms with van der Waals surface area (Å²) in [6.45, 7) is 0.703. The van der Waals surface area contributed by atoms with E-state index in [9.17, 15) is 13.2 Å². The Kier molecular flexibility index (Phi) is 4.74. The second kappa shape index (κ2) is 5.86. The highest BCUT2D eigenvalue weighted by Crippen LogP contribution is 2.20. The number of nitrogens with zero attached hydrogens (tertiary/aromatic N) is 1.